The smallest absolute Gasteiger partial charge is 0.124 e. The van der Waals surface area contributed by atoms with Crippen molar-refractivity contribution in [2.24, 2.45) is 0 Å². The van der Waals surface area contributed by atoms with Gasteiger partial charge in [0.05, 0.1) is 19.4 Å². The van der Waals surface area contributed by atoms with Crippen LogP contribution in [0.5, 0.6) is 5.75 Å². The molecule has 2 rings (SSSR count). The second-order valence-corrected chi connectivity index (χ2v) is 4.71. The molecule has 1 atom stereocenters. The van der Waals surface area contributed by atoms with E-state index in [4.69, 9.17) is 9.15 Å². The molecule has 0 spiro atoms. The first-order valence-electron chi connectivity index (χ1n) is 6.78. The minimum absolute atomic E-state index is 0.139. The molecule has 1 unspecified atom stereocenters. The largest absolute Gasteiger partial charge is 0.496 e. The van der Waals surface area contributed by atoms with Crippen molar-refractivity contribution in [1.29, 1.82) is 0 Å². The minimum atomic E-state index is -0.273. The van der Waals surface area contributed by atoms with Gasteiger partial charge in [-0.15, -0.1) is 0 Å². The van der Waals surface area contributed by atoms with Gasteiger partial charge in [0.2, 0.25) is 0 Å². The number of benzene rings is 1. The summed E-state index contributed by atoms with van der Waals surface area (Å²) in [5.41, 5.74) is 1.79. The quantitative estimate of drug-likeness (QED) is 0.871. The summed E-state index contributed by atoms with van der Waals surface area (Å²) in [6.45, 7) is 4.83. The predicted octanol–water partition coefficient (Wildman–Crippen LogP) is 3.82. The third kappa shape index (κ3) is 3.02. The van der Waals surface area contributed by atoms with E-state index >= 15 is 0 Å². The molecule has 0 fully saturated rings. The molecule has 0 radical (unpaired) electrons. The first-order chi connectivity index (χ1) is 9.67. The molecule has 20 heavy (non-hydrogen) atoms. The molecular weight excluding hydrogens is 257 g/mol. The van der Waals surface area contributed by atoms with Gasteiger partial charge in [-0.2, -0.15) is 0 Å². The van der Waals surface area contributed by atoms with Crippen LogP contribution in [0.1, 0.15) is 36.3 Å². The maximum atomic E-state index is 13.6. The van der Waals surface area contributed by atoms with Crippen molar-refractivity contribution in [3.8, 4) is 5.75 Å². The maximum absolute atomic E-state index is 13.6. The fourth-order valence-electron chi connectivity index (χ4n) is 2.30. The number of nitrogens with one attached hydrogen (secondary N) is 1. The van der Waals surface area contributed by atoms with Gasteiger partial charge in [-0.3, -0.25) is 0 Å². The summed E-state index contributed by atoms with van der Waals surface area (Å²) in [6, 6.07) is 6.34. The molecule has 0 aliphatic heterocycles. The summed E-state index contributed by atoms with van der Waals surface area (Å²) in [7, 11) is 1.59. The average molecular weight is 277 g/mol. The molecule has 4 heteroatoms. The minimum Gasteiger partial charge on any atom is -0.496 e. The highest BCUT2D eigenvalue weighted by molar-refractivity contribution is 5.42. The number of rotatable bonds is 6. The Morgan fingerprint density at radius 3 is 2.70 bits per heavy atom. The van der Waals surface area contributed by atoms with E-state index in [1.54, 1.807) is 19.4 Å². The number of halogens is 1. The van der Waals surface area contributed by atoms with E-state index < -0.39 is 0 Å². The number of furan rings is 1. The lowest BCUT2D eigenvalue weighted by atomic mass is 9.98. The van der Waals surface area contributed by atoms with Crippen molar-refractivity contribution in [1.82, 2.24) is 5.32 Å². The molecule has 0 aliphatic carbocycles. The van der Waals surface area contributed by atoms with Gasteiger partial charge in [0.15, 0.2) is 0 Å². The van der Waals surface area contributed by atoms with Crippen molar-refractivity contribution in [3.05, 3.63) is 53.2 Å². The molecule has 3 nitrogen and oxygen atoms in total. The lowest BCUT2D eigenvalue weighted by molar-refractivity contribution is 0.401. The summed E-state index contributed by atoms with van der Waals surface area (Å²) >= 11 is 0. The van der Waals surface area contributed by atoms with Crippen LogP contribution < -0.4 is 10.1 Å². The molecule has 0 aliphatic rings. The Morgan fingerprint density at radius 1 is 1.30 bits per heavy atom. The zero-order valence-electron chi connectivity index (χ0n) is 12.1. The second kappa shape index (κ2) is 6.57. The van der Waals surface area contributed by atoms with E-state index in [1.807, 2.05) is 13.0 Å². The van der Waals surface area contributed by atoms with E-state index in [0.717, 1.165) is 29.9 Å². The fourth-order valence-corrected chi connectivity index (χ4v) is 2.30. The first kappa shape index (κ1) is 14.6. The lowest BCUT2D eigenvalue weighted by Gasteiger charge is -2.21. The van der Waals surface area contributed by atoms with Crippen molar-refractivity contribution < 1.29 is 13.5 Å². The van der Waals surface area contributed by atoms with Gasteiger partial charge < -0.3 is 14.5 Å². The highest BCUT2D eigenvalue weighted by Gasteiger charge is 2.21. The standard InChI is InChI=1S/C16H20FNO2/c1-4-8-18-16(13-7-9-20-11(13)2)14-10-12(17)5-6-15(14)19-3/h5-7,9-10,16,18H,4,8H2,1-3H3. The van der Waals surface area contributed by atoms with Crippen LogP contribution in [0.2, 0.25) is 0 Å². The van der Waals surface area contributed by atoms with Crippen LogP contribution in [-0.2, 0) is 0 Å². The molecule has 0 saturated heterocycles. The third-order valence-electron chi connectivity index (χ3n) is 3.31. The molecular formula is C16H20FNO2. The third-order valence-corrected chi connectivity index (χ3v) is 3.31. The molecule has 108 valence electrons. The first-order valence-corrected chi connectivity index (χ1v) is 6.78. The van der Waals surface area contributed by atoms with Gasteiger partial charge in [0, 0.05) is 11.1 Å². The van der Waals surface area contributed by atoms with Crippen LogP contribution in [0, 0.1) is 12.7 Å². The Hall–Kier alpha value is -1.81. The average Bonchev–Trinajstić information content (AvgIpc) is 2.86. The highest BCUT2D eigenvalue weighted by atomic mass is 19.1. The van der Waals surface area contributed by atoms with Crippen LogP contribution >= 0.6 is 0 Å². The van der Waals surface area contributed by atoms with E-state index in [1.165, 1.54) is 12.1 Å². The van der Waals surface area contributed by atoms with Crippen LogP contribution in [0.15, 0.2) is 34.9 Å². The molecule has 1 heterocycles. The molecule has 1 aromatic carbocycles. The van der Waals surface area contributed by atoms with E-state index in [9.17, 15) is 4.39 Å². The van der Waals surface area contributed by atoms with E-state index in [2.05, 4.69) is 12.2 Å². The molecule has 0 bridgehead atoms. The summed E-state index contributed by atoms with van der Waals surface area (Å²) in [5.74, 6) is 1.22. The Morgan fingerprint density at radius 2 is 2.10 bits per heavy atom. The van der Waals surface area contributed by atoms with Crippen LogP contribution in [0.3, 0.4) is 0 Å². The van der Waals surface area contributed by atoms with Crippen molar-refractivity contribution in [3.63, 3.8) is 0 Å². The fraction of sp³-hybridized carbons (Fsp3) is 0.375. The van der Waals surface area contributed by atoms with Crippen molar-refractivity contribution in [2.45, 2.75) is 26.3 Å². The molecule has 0 amide bonds. The highest BCUT2D eigenvalue weighted by Crippen LogP contribution is 2.32. The number of ether oxygens (including phenoxy) is 1. The second-order valence-electron chi connectivity index (χ2n) is 4.71. The van der Waals surface area contributed by atoms with Gasteiger partial charge in [-0.1, -0.05) is 6.92 Å². The summed E-state index contributed by atoms with van der Waals surface area (Å²) in [4.78, 5) is 0. The van der Waals surface area contributed by atoms with Gasteiger partial charge >= 0.3 is 0 Å². The molecule has 0 saturated carbocycles. The van der Waals surface area contributed by atoms with Crippen LogP contribution in [0.4, 0.5) is 4.39 Å². The van der Waals surface area contributed by atoms with Gasteiger partial charge in [0.25, 0.3) is 0 Å². The summed E-state index contributed by atoms with van der Waals surface area (Å²) in [5, 5.41) is 3.42. The van der Waals surface area contributed by atoms with Crippen LogP contribution in [0.25, 0.3) is 0 Å². The Bertz CT molecular complexity index is 565. The molecule has 1 aromatic heterocycles. The Kier molecular flexibility index (Phi) is 4.79. The summed E-state index contributed by atoms with van der Waals surface area (Å²) in [6.07, 6.45) is 2.64. The zero-order valence-corrected chi connectivity index (χ0v) is 12.1. The Labute approximate surface area is 118 Å². The van der Waals surface area contributed by atoms with Crippen molar-refractivity contribution in [2.75, 3.05) is 13.7 Å². The lowest BCUT2D eigenvalue weighted by Crippen LogP contribution is -2.24. The number of hydrogen-bond acceptors (Lipinski definition) is 3. The van der Waals surface area contributed by atoms with Crippen molar-refractivity contribution >= 4 is 0 Å². The number of aryl methyl sites for hydroxylation is 1. The number of methoxy groups -OCH3 is 1. The zero-order chi connectivity index (χ0) is 14.5. The Balaban J connectivity index is 2.46. The van der Waals surface area contributed by atoms with E-state index in [0.29, 0.717) is 5.75 Å². The molecule has 1 N–H and O–H groups in total. The van der Waals surface area contributed by atoms with Gasteiger partial charge in [0.1, 0.15) is 17.3 Å². The molecule has 2 aromatic rings. The monoisotopic (exact) mass is 277 g/mol. The van der Waals surface area contributed by atoms with Gasteiger partial charge in [-0.25, -0.2) is 4.39 Å². The van der Waals surface area contributed by atoms with Gasteiger partial charge in [-0.05, 0) is 44.2 Å². The number of hydrogen-bond donors (Lipinski definition) is 1. The topological polar surface area (TPSA) is 34.4 Å². The predicted molar refractivity (Wildman–Crippen MR) is 76.5 cm³/mol. The normalized spacial score (nSPS) is 12.4. The van der Waals surface area contributed by atoms with E-state index in [-0.39, 0.29) is 11.9 Å². The maximum Gasteiger partial charge on any atom is 0.124 e. The summed E-state index contributed by atoms with van der Waals surface area (Å²) < 4.78 is 24.3. The SMILES string of the molecule is CCCNC(c1cc(F)ccc1OC)c1ccoc1C. The van der Waals surface area contributed by atoms with Crippen LogP contribution in [-0.4, -0.2) is 13.7 Å².